The van der Waals surface area contributed by atoms with Gasteiger partial charge in [0.05, 0.1) is 0 Å². The van der Waals surface area contributed by atoms with Crippen molar-refractivity contribution in [3.05, 3.63) is 16.3 Å². The lowest BCUT2D eigenvalue weighted by Crippen LogP contribution is -1.91. The van der Waals surface area contributed by atoms with Crippen molar-refractivity contribution >= 4 is 17.3 Å². The van der Waals surface area contributed by atoms with Crippen molar-refractivity contribution in [2.75, 3.05) is 0 Å². The predicted octanol–water partition coefficient (Wildman–Crippen LogP) is 0.520. The zero-order valence-corrected chi connectivity index (χ0v) is 5.14. The number of aromatic carboxylic acids is 1. The van der Waals surface area contributed by atoms with Crippen LogP contribution in [0, 0.1) is 0 Å². The first-order valence-corrected chi connectivity index (χ1v) is 3.07. The lowest BCUT2D eigenvalue weighted by atomic mass is 10.5. The SMILES string of the molecule is O=C(O)c1cc([O-])cs1. The van der Waals surface area contributed by atoms with Gasteiger partial charge in [0.2, 0.25) is 0 Å². The molecule has 0 aliphatic heterocycles. The third-order valence-electron chi connectivity index (χ3n) is 0.786. The molecule has 4 heteroatoms. The lowest BCUT2D eigenvalue weighted by Gasteiger charge is -1.91. The van der Waals surface area contributed by atoms with E-state index >= 15 is 0 Å². The molecule has 1 aromatic rings. The van der Waals surface area contributed by atoms with Crippen molar-refractivity contribution in [3.8, 4) is 5.75 Å². The number of hydrogen-bond donors (Lipinski definition) is 1. The van der Waals surface area contributed by atoms with E-state index in [0.29, 0.717) is 0 Å². The van der Waals surface area contributed by atoms with Crippen LogP contribution in [0.5, 0.6) is 5.75 Å². The second kappa shape index (κ2) is 2.06. The molecule has 0 atom stereocenters. The van der Waals surface area contributed by atoms with Gasteiger partial charge in [0.1, 0.15) is 4.88 Å². The van der Waals surface area contributed by atoms with Gasteiger partial charge in [-0.3, -0.25) is 0 Å². The summed E-state index contributed by atoms with van der Waals surface area (Å²) in [5.41, 5.74) is 0. The fourth-order valence-corrected chi connectivity index (χ4v) is 1.03. The van der Waals surface area contributed by atoms with Gasteiger partial charge in [0.25, 0.3) is 0 Å². The standard InChI is InChI=1S/C5H4O3S/c6-3-1-4(5(7)8)9-2-3/h1-2,6H,(H,7,8)/p-1. The molecular formula is C5H3O3S-. The quantitative estimate of drug-likeness (QED) is 0.623. The Morgan fingerprint density at radius 2 is 2.44 bits per heavy atom. The molecule has 9 heavy (non-hydrogen) atoms. The molecule has 0 bridgehead atoms. The maximum Gasteiger partial charge on any atom is 0.345 e. The van der Waals surface area contributed by atoms with Crippen LogP contribution < -0.4 is 5.11 Å². The van der Waals surface area contributed by atoms with E-state index in [1.54, 1.807) is 0 Å². The molecule has 0 amide bonds. The maximum absolute atomic E-state index is 10.3. The van der Waals surface area contributed by atoms with Crippen LogP contribution in [0.1, 0.15) is 9.67 Å². The van der Waals surface area contributed by atoms with E-state index in [0.717, 1.165) is 17.4 Å². The van der Waals surface area contributed by atoms with E-state index in [9.17, 15) is 9.90 Å². The van der Waals surface area contributed by atoms with Crippen molar-refractivity contribution < 1.29 is 15.0 Å². The Balaban J connectivity index is 2.98. The van der Waals surface area contributed by atoms with Crippen LogP contribution in [0.4, 0.5) is 0 Å². The third-order valence-corrected chi connectivity index (χ3v) is 1.68. The minimum Gasteiger partial charge on any atom is -0.872 e. The molecular weight excluding hydrogens is 140 g/mol. The van der Waals surface area contributed by atoms with Crippen molar-refractivity contribution in [1.82, 2.24) is 0 Å². The Hall–Kier alpha value is -1.03. The van der Waals surface area contributed by atoms with Crippen LogP contribution in [-0.4, -0.2) is 11.1 Å². The van der Waals surface area contributed by atoms with Gasteiger partial charge in [-0.1, -0.05) is 5.75 Å². The van der Waals surface area contributed by atoms with Crippen LogP contribution >= 0.6 is 11.3 Å². The Kier molecular flexibility index (Phi) is 1.40. The highest BCUT2D eigenvalue weighted by Gasteiger charge is 2.00. The highest BCUT2D eigenvalue weighted by molar-refractivity contribution is 7.12. The highest BCUT2D eigenvalue weighted by atomic mass is 32.1. The number of hydrogen-bond acceptors (Lipinski definition) is 3. The predicted molar refractivity (Wildman–Crippen MR) is 30.7 cm³/mol. The van der Waals surface area contributed by atoms with Gasteiger partial charge in [0.15, 0.2) is 0 Å². The summed E-state index contributed by atoms with van der Waals surface area (Å²) in [4.78, 5) is 10.2. The van der Waals surface area contributed by atoms with Gasteiger partial charge >= 0.3 is 5.97 Å². The first-order chi connectivity index (χ1) is 4.20. The number of rotatable bonds is 1. The fourth-order valence-electron chi connectivity index (χ4n) is 0.431. The monoisotopic (exact) mass is 143 g/mol. The summed E-state index contributed by atoms with van der Waals surface area (Å²) in [6.45, 7) is 0. The Morgan fingerprint density at radius 1 is 1.78 bits per heavy atom. The van der Waals surface area contributed by atoms with Crippen LogP contribution in [0.2, 0.25) is 0 Å². The molecule has 0 aliphatic carbocycles. The van der Waals surface area contributed by atoms with Crippen molar-refractivity contribution in [3.63, 3.8) is 0 Å². The number of carboxylic acid groups (broad SMARTS) is 1. The third kappa shape index (κ3) is 1.20. The van der Waals surface area contributed by atoms with E-state index in [2.05, 4.69) is 0 Å². The smallest absolute Gasteiger partial charge is 0.345 e. The zero-order valence-electron chi connectivity index (χ0n) is 4.33. The topological polar surface area (TPSA) is 60.4 Å². The van der Waals surface area contributed by atoms with Crippen molar-refractivity contribution in [1.29, 1.82) is 0 Å². The minimum atomic E-state index is -1.04. The van der Waals surface area contributed by atoms with Gasteiger partial charge in [-0.25, -0.2) is 4.79 Å². The summed E-state index contributed by atoms with van der Waals surface area (Å²) in [5.74, 6) is -1.28. The normalized spacial score (nSPS) is 9.33. The fraction of sp³-hybridized carbons (Fsp3) is 0. The average Bonchev–Trinajstić information content (AvgIpc) is 2.14. The van der Waals surface area contributed by atoms with Crippen LogP contribution in [0.25, 0.3) is 0 Å². The second-order valence-electron chi connectivity index (χ2n) is 1.45. The molecule has 0 saturated heterocycles. The molecule has 1 N–H and O–H groups in total. The highest BCUT2D eigenvalue weighted by Crippen LogP contribution is 2.16. The first-order valence-electron chi connectivity index (χ1n) is 2.19. The van der Waals surface area contributed by atoms with Gasteiger partial charge in [-0.05, 0) is 11.4 Å². The van der Waals surface area contributed by atoms with Gasteiger partial charge in [-0.15, -0.1) is 11.3 Å². The van der Waals surface area contributed by atoms with E-state index in [4.69, 9.17) is 5.11 Å². The van der Waals surface area contributed by atoms with Gasteiger partial charge in [0, 0.05) is 0 Å². The second-order valence-corrected chi connectivity index (χ2v) is 2.36. The molecule has 0 saturated carbocycles. The summed E-state index contributed by atoms with van der Waals surface area (Å²) in [7, 11) is 0. The van der Waals surface area contributed by atoms with E-state index in [-0.39, 0.29) is 10.6 Å². The molecule has 0 aliphatic rings. The summed E-state index contributed by atoms with van der Waals surface area (Å²) in [6.07, 6.45) is 0. The number of carbonyl (C=O) groups is 1. The van der Waals surface area contributed by atoms with E-state index < -0.39 is 5.97 Å². The number of thiophene rings is 1. The molecule has 0 spiro atoms. The van der Waals surface area contributed by atoms with E-state index in [1.165, 1.54) is 5.38 Å². The summed E-state index contributed by atoms with van der Waals surface area (Å²) in [6, 6.07) is 1.10. The summed E-state index contributed by atoms with van der Waals surface area (Å²) in [5, 5.41) is 19.9. The van der Waals surface area contributed by atoms with Crippen LogP contribution in [0.3, 0.4) is 0 Å². The van der Waals surface area contributed by atoms with Gasteiger partial charge in [-0.2, -0.15) is 0 Å². The lowest BCUT2D eigenvalue weighted by molar-refractivity contribution is -0.267. The van der Waals surface area contributed by atoms with Crippen LogP contribution in [0.15, 0.2) is 11.4 Å². The molecule has 0 aromatic carbocycles. The number of carboxylic acids is 1. The van der Waals surface area contributed by atoms with E-state index in [1.807, 2.05) is 0 Å². The largest absolute Gasteiger partial charge is 0.872 e. The molecule has 1 rings (SSSR count). The molecule has 1 aromatic heterocycles. The Bertz CT molecular complexity index is 228. The first kappa shape index (κ1) is 6.10. The Labute approximate surface area is 55.2 Å². The maximum atomic E-state index is 10.3. The van der Waals surface area contributed by atoms with Crippen molar-refractivity contribution in [2.45, 2.75) is 0 Å². The Morgan fingerprint density at radius 3 is 2.67 bits per heavy atom. The molecule has 0 unspecified atom stereocenters. The average molecular weight is 143 g/mol. The molecule has 1 heterocycles. The zero-order chi connectivity index (χ0) is 6.85. The molecule has 0 fully saturated rings. The molecule has 0 radical (unpaired) electrons. The van der Waals surface area contributed by atoms with Crippen LogP contribution in [-0.2, 0) is 0 Å². The molecule has 3 nitrogen and oxygen atoms in total. The summed E-state index contributed by atoms with van der Waals surface area (Å²) >= 11 is 0.946. The summed E-state index contributed by atoms with van der Waals surface area (Å²) < 4.78 is 0. The van der Waals surface area contributed by atoms with Gasteiger partial charge < -0.3 is 10.2 Å². The molecule has 48 valence electrons. The minimum absolute atomic E-state index is 0.0972. The van der Waals surface area contributed by atoms with Crippen molar-refractivity contribution in [2.24, 2.45) is 0 Å².